The largest absolute Gasteiger partial charge is 0.395 e. The van der Waals surface area contributed by atoms with Gasteiger partial charge in [-0.3, -0.25) is 20.9 Å². The van der Waals surface area contributed by atoms with Crippen LogP contribution in [0.4, 0.5) is 0 Å². The van der Waals surface area contributed by atoms with E-state index in [2.05, 4.69) is 20.9 Å². The fraction of sp³-hybridized carbons (Fsp3) is 1.00. The maximum Gasteiger partial charge on any atom is 0.142 e. The highest BCUT2D eigenvalue weighted by Crippen LogP contribution is 2.28. The Labute approximate surface area is 171 Å². The number of nitrogens with one attached hydrogen (secondary N) is 3. The minimum absolute atomic E-state index is 0.0137. The summed E-state index contributed by atoms with van der Waals surface area (Å²) in [5.41, 5.74) is 17.6. The zero-order chi connectivity index (χ0) is 21.0. The normalized spacial score (nSPS) is 39.2. The number of rotatable bonds is 10. The number of hydrogen-bond acceptors (Lipinski definition) is 12. The van der Waals surface area contributed by atoms with Gasteiger partial charge < -0.3 is 37.3 Å². The average molecular weight is 419 g/mol. The molecule has 8 atom stereocenters. The third kappa shape index (κ3) is 5.42. The lowest BCUT2D eigenvalue weighted by Gasteiger charge is -2.38. The van der Waals surface area contributed by atoms with Crippen LogP contribution in [0.15, 0.2) is 0 Å². The van der Waals surface area contributed by atoms with Crippen molar-refractivity contribution in [2.45, 2.75) is 61.8 Å². The summed E-state index contributed by atoms with van der Waals surface area (Å²) in [7, 11) is 0. The van der Waals surface area contributed by atoms with Gasteiger partial charge >= 0.3 is 0 Å². The van der Waals surface area contributed by atoms with Gasteiger partial charge in [0.15, 0.2) is 0 Å². The van der Waals surface area contributed by atoms with Crippen LogP contribution in [0.25, 0.3) is 0 Å². The van der Waals surface area contributed by atoms with Crippen molar-refractivity contribution in [3.8, 4) is 0 Å². The second kappa shape index (κ2) is 10.7. The number of ether oxygens (including phenoxy) is 1. The van der Waals surface area contributed by atoms with Crippen LogP contribution in [0.1, 0.15) is 12.8 Å². The molecule has 3 fully saturated rings. The summed E-state index contributed by atoms with van der Waals surface area (Å²) in [4.78, 5) is 4.09. The smallest absolute Gasteiger partial charge is 0.142 e. The quantitative estimate of drug-likeness (QED) is 0.164. The molecule has 0 aromatic heterocycles. The van der Waals surface area contributed by atoms with E-state index in [-0.39, 0.29) is 31.0 Å². The third-order valence-corrected chi connectivity index (χ3v) is 6.07. The number of nitrogens with zero attached hydrogens (tertiary/aromatic N) is 2. The van der Waals surface area contributed by atoms with E-state index in [0.29, 0.717) is 39.4 Å². The Kier molecular flexibility index (Phi) is 8.56. The lowest BCUT2D eigenvalue weighted by molar-refractivity contribution is -0.106. The minimum atomic E-state index is -1.02. The molecule has 170 valence electrons. The molecule has 0 amide bonds. The molecule has 0 aromatic rings. The molecule has 12 nitrogen and oxygen atoms in total. The molecule has 0 aromatic carbocycles. The maximum absolute atomic E-state index is 10.7. The number of fused-ring (bicyclic) bond motifs is 1. The van der Waals surface area contributed by atoms with E-state index in [1.165, 1.54) is 0 Å². The van der Waals surface area contributed by atoms with Crippen LogP contribution in [-0.4, -0.2) is 120 Å². The van der Waals surface area contributed by atoms with E-state index in [0.717, 1.165) is 13.0 Å². The van der Waals surface area contributed by atoms with E-state index < -0.39 is 24.5 Å². The SMILES string of the molecule is NCCN(CCC[C@H](N)CO)C[C@H]1O[C@@H](N2CNC3C(N)NCNC32)[C@H](O)[C@@H]1O. The van der Waals surface area contributed by atoms with Gasteiger partial charge in [-0.15, -0.1) is 0 Å². The first-order chi connectivity index (χ1) is 14.0. The summed E-state index contributed by atoms with van der Waals surface area (Å²) in [5.74, 6) is 0. The van der Waals surface area contributed by atoms with E-state index >= 15 is 0 Å². The maximum atomic E-state index is 10.7. The predicted molar refractivity (Wildman–Crippen MR) is 107 cm³/mol. The second-order valence-electron chi connectivity index (χ2n) is 8.18. The van der Waals surface area contributed by atoms with Gasteiger partial charge in [-0.1, -0.05) is 0 Å². The molecular weight excluding hydrogens is 380 g/mol. The molecule has 29 heavy (non-hydrogen) atoms. The van der Waals surface area contributed by atoms with Crippen LogP contribution in [0, 0.1) is 0 Å². The zero-order valence-electron chi connectivity index (χ0n) is 16.9. The molecule has 12 N–H and O–H groups in total. The first-order valence-electron chi connectivity index (χ1n) is 10.5. The lowest BCUT2D eigenvalue weighted by Crippen LogP contribution is -2.68. The Balaban J connectivity index is 1.56. The summed E-state index contributed by atoms with van der Waals surface area (Å²) < 4.78 is 6.12. The summed E-state index contributed by atoms with van der Waals surface area (Å²) in [6.07, 6.45) is -1.93. The molecule has 0 aliphatic carbocycles. The van der Waals surface area contributed by atoms with Crippen LogP contribution in [0.3, 0.4) is 0 Å². The number of nitrogens with two attached hydrogens (primary N) is 3. The fourth-order valence-electron chi connectivity index (χ4n) is 4.41. The molecule has 3 aliphatic heterocycles. The first-order valence-corrected chi connectivity index (χ1v) is 10.5. The van der Waals surface area contributed by atoms with Crippen LogP contribution < -0.4 is 33.2 Å². The van der Waals surface area contributed by atoms with E-state index in [1.54, 1.807) is 0 Å². The molecule has 0 radical (unpaired) electrons. The lowest BCUT2D eigenvalue weighted by atomic mass is 10.1. The van der Waals surface area contributed by atoms with Crippen LogP contribution in [-0.2, 0) is 4.74 Å². The Morgan fingerprint density at radius 3 is 2.69 bits per heavy atom. The summed E-state index contributed by atoms with van der Waals surface area (Å²) in [6, 6.07) is -0.242. The highest BCUT2D eigenvalue weighted by atomic mass is 16.6. The topological polar surface area (TPSA) is 191 Å². The van der Waals surface area contributed by atoms with Crippen molar-refractivity contribution in [3.63, 3.8) is 0 Å². The molecule has 0 bridgehead atoms. The molecule has 3 heterocycles. The monoisotopic (exact) mass is 418 g/mol. The van der Waals surface area contributed by atoms with Crippen molar-refractivity contribution in [1.82, 2.24) is 25.8 Å². The van der Waals surface area contributed by atoms with Crippen molar-refractivity contribution in [2.24, 2.45) is 17.2 Å². The molecule has 3 unspecified atom stereocenters. The Bertz CT molecular complexity index is 506. The van der Waals surface area contributed by atoms with Gasteiger partial charge in [0, 0.05) is 32.3 Å². The number of hydrogen-bond donors (Lipinski definition) is 9. The third-order valence-electron chi connectivity index (χ3n) is 6.07. The van der Waals surface area contributed by atoms with Crippen LogP contribution in [0.5, 0.6) is 0 Å². The van der Waals surface area contributed by atoms with E-state index in [9.17, 15) is 10.2 Å². The summed E-state index contributed by atoms with van der Waals surface area (Å²) >= 11 is 0. The highest BCUT2D eigenvalue weighted by Gasteiger charge is 2.51. The Morgan fingerprint density at radius 1 is 1.17 bits per heavy atom. The minimum Gasteiger partial charge on any atom is -0.395 e. The summed E-state index contributed by atoms with van der Waals surface area (Å²) in [5, 5.41) is 40.2. The Hall–Kier alpha value is -0.480. The van der Waals surface area contributed by atoms with Gasteiger partial charge in [-0.05, 0) is 19.4 Å². The van der Waals surface area contributed by atoms with Gasteiger partial charge in [0.25, 0.3) is 0 Å². The van der Waals surface area contributed by atoms with Crippen molar-refractivity contribution >= 4 is 0 Å². The molecule has 0 spiro atoms. The van der Waals surface area contributed by atoms with Gasteiger partial charge in [0.1, 0.15) is 24.5 Å². The van der Waals surface area contributed by atoms with E-state index in [1.807, 2.05) is 4.90 Å². The van der Waals surface area contributed by atoms with Gasteiger partial charge in [0.05, 0.1) is 31.6 Å². The number of aliphatic hydroxyl groups is 3. The van der Waals surface area contributed by atoms with Crippen molar-refractivity contribution in [2.75, 3.05) is 46.1 Å². The molecule has 3 saturated heterocycles. The van der Waals surface area contributed by atoms with Crippen molar-refractivity contribution < 1.29 is 20.1 Å². The first kappa shape index (κ1) is 23.2. The molecule has 3 aliphatic rings. The van der Waals surface area contributed by atoms with Crippen molar-refractivity contribution in [1.29, 1.82) is 0 Å². The molecule has 12 heteroatoms. The molecular formula is C17H38N8O4. The zero-order valence-corrected chi connectivity index (χ0v) is 16.9. The number of aliphatic hydroxyl groups excluding tert-OH is 3. The molecule has 0 saturated carbocycles. The highest BCUT2D eigenvalue weighted by molar-refractivity contribution is 5.01. The average Bonchev–Trinajstić information content (AvgIpc) is 3.25. The standard InChI is InChI=1S/C17H38N8O4/c18-3-5-24(4-1-2-10(19)7-26)6-11-13(27)14(28)17(29-11)25-9-23-12-15(20)21-8-22-16(12)25/h10-17,21-23,26-28H,1-9,18-20H2/t10-,11+,12?,13+,14+,15?,16?,17+/m0/s1. The Morgan fingerprint density at radius 2 is 1.97 bits per heavy atom. The van der Waals surface area contributed by atoms with Gasteiger partial charge in [-0.25, -0.2) is 4.90 Å². The summed E-state index contributed by atoms with van der Waals surface area (Å²) in [6.45, 7) is 3.37. The fourth-order valence-corrected chi connectivity index (χ4v) is 4.41. The van der Waals surface area contributed by atoms with Crippen molar-refractivity contribution in [3.05, 3.63) is 0 Å². The predicted octanol–water partition coefficient (Wildman–Crippen LogP) is -5.21. The van der Waals surface area contributed by atoms with Gasteiger partial charge in [0.2, 0.25) is 0 Å². The van der Waals surface area contributed by atoms with Crippen LogP contribution >= 0.6 is 0 Å². The van der Waals surface area contributed by atoms with Gasteiger partial charge in [-0.2, -0.15) is 0 Å². The second-order valence-corrected chi connectivity index (χ2v) is 8.18. The van der Waals surface area contributed by atoms with Crippen LogP contribution in [0.2, 0.25) is 0 Å². The van der Waals surface area contributed by atoms with E-state index in [4.69, 9.17) is 27.0 Å². The molecule has 3 rings (SSSR count).